The number of amides is 2. The van der Waals surface area contributed by atoms with Crippen molar-refractivity contribution in [2.45, 2.75) is 44.7 Å². The molecule has 0 spiro atoms. The molecule has 2 amide bonds. The predicted molar refractivity (Wildman–Crippen MR) is 159 cm³/mol. The van der Waals surface area contributed by atoms with E-state index in [-0.39, 0.29) is 16.7 Å². The van der Waals surface area contributed by atoms with Crippen LogP contribution >= 0.6 is 11.8 Å². The Morgan fingerprint density at radius 1 is 1.07 bits per heavy atom. The molecule has 0 saturated carbocycles. The molecule has 0 aromatic heterocycles. The van der Waals surface area contributed by atoms with Gasteiger partial charge in [0.2, 0.25) is 0 Å². The molecule has 1 aliphatic carbocycles. The molecule has 210 valence electrons. The third kappa shape index (κ3) is 5.29. The number of carbonyl (C=O) groups excluding carboxylic acids is 2. The zero-order valence-electron chi connectivity index (χ0n) is 23.2. The maximum atomic E-state index is 12.7. The number of rotatable bonds is 5. The van der Waals surface area contributed by atoms with Gasteiger partial charge >= 0.3 is 6.09 Å². The number of ether oxygens (including phenoxy) is 2. The normalized spacial score (nSPS) is 18.5. The summed E-state index contributed by atoms with van der Waals surface area (Å²) in [7, 11) is 0. The molecule has 2 atom stereocenters. The van der Waals surface area contributed by atoms with Crippen LogP contribution in [0.5, 0.6) is 5.75 Å². The van der Waals surface area contributed by atoms with E-state index in [9.17, 15) is 14.4 Å². The Morgan fingerprint density at radius 3 is 2.66 bits per heavy atom. The molecule has 0 radical (unpaired) electrons. The molecule has 0 bridgehead atoms. The summed E-state index contributed by atoms with van der Waals surface area (Å²) in [4.78, 5) is 38.6. The predicted octanol–water partition coefficient (Wildman–Crippen LogP) is 5.94. The Morgan fingerprint density at radius 2 is 1.88 bits per heavy atom. The van der Waals surface area contributed by atoms with Crippen molar-refractivity contribution in [3.05, 3.63) is 88.2 Å². The van der Waals surface area contributed by atoms with Gasteiger partial charge in [0, 0.05) is 40.6 Å². The second-order valence-corrected chi connectivity index (χ2v) is 12.4. The Balaban J connectivity index is 1.21. The van der Waals surface area contributed by atoms with Gasteiger partial charge in [-0.1, -0.05) is 24.3 Å². The first-order chi connectivity index (χ1) is 19.6. The summed E-state index contributed by atoms with van der Waals surface area (Å²) >= 11 is 1.57. The molecule has 41 heavy (non-hydrogen) atoms. The molecule has 2 aromatic carbocycles. The molecule has 3 aliphatic heterocycles. The van der Waals surface area contributed by atoms with E-state index in [2.05, 4.69) is 24.4 Å². The molecule has 8 nitrogen and oxygen atoms in total. The molecule has 2 aromatic rings. The molecular formula is C32H30N2O6S. The first-order valence-corrected chi connectivity index (χ1v) is 14.4. The van der Waals surface area contributed by atoms with Crippen molar-refractivity contribution in [3.63, 3.8) is 0 Å². The number of nitrogens with zero attached hydrogens (tertiary/aromatic N) is 1. The Labute approximate surface area is 241 Å². The molecule has 0 unspecified atom stereocenters. The fourth-order valence-corrected chi connectivity index (χ4v) is 6.38. The minimum atomic E-state index is -0.634. The number of alkyl carbamates (subject to hydrolysis) is 1. The van der Waals surface area contributed by atoms with E-state index < -0.39 is 17.7 Å². The van der Waals surface area contributed by atoms with Gasteiger partial charge in [0.1, 0.15) is 40.7 Å². The van der Waals surface area contributed by atoms with Crippen LogP contribution in [0.25, 0.3) is 33.4 Å². The van der Waals surface area contributed by atoms with E-state index in [1.165, 1.54) is 6.07 Å². The number of thioether (sulfide) groups is 1. The smallest absolute Gasteiger partial charge is 0.408 e. The number of β-lactam (4-membered cyclic amide) rings is 1. The van der Waals surface area contributed by atoms with Crippen molar-refractivity contribution in [1.29, 1.82) is 0 Å². The van der Waals surface area contributed by atoms with E-state index >= 15 is 0 Å². The molecule has 1 N–H and O–H groups in total. The van der Waals surface area contributed by atoms with Gasteiger partial charge in [-0.05, 0) is 68.7 Å². The lowest BCUT2D eigenvalue weighted by Gasteiger charge is -2.47. The van der Waals surface area contributed by atoms with E-state index in [1.807, 2.05) is 42.6 Å². The highest BCUT2D eigenvalue weighted by Crippen LogP contribution is 2.42. The maximum Gasteiger partial charge on any atom is 0.408 e. The van der Waals surface area contributed by atoms with Crippen LogP contribution in [0, 0.1) is 6.92 Å². The fourth-order valence-electron chi connectivity index (χ4n) is 5.13. The van der Waals surface area contributed by atoms with Gasteiger partial charge in [0.25, 0.3) is 5.91 Å². The SMILES string of the molecule is Cc1ccccc1-c1c2ccc(=O)cc-2oc2cc(OCC3=CN4C(=O)[C@@H](NC(=O)OC(C)(C)C)[C@H]4SC3)ccc12. The molecule has 4 aliphatic rings. The van der Waals surface area contributed by atoms with Crippen LogP contribution in [0.4, 0.5) is 4.79 Å². The van der Waals surface area contributed by atoms with Crippen LogP contribution < -0.4 is 15.5 Å². The lowest BCUT2D eigenvalue weighted by atomic mass is 9.91. The molecule has 3 heterocycles. The first kappa shape index (κ1) is 27.0. The quantitative estimate of drug-likeness (QED) is 0.234. The second kappa shape index (κ2) is 10.3. The highest BCUT2D eigenvalue weighted by molar-refractivity contribution is 8.00. The van der Waals surface area contributed by atoms with Crippen LogP contribution in [0.2, 0.25) is 0 Å². The van der Waals surface area contributed by atoms with Crippen LogP contribution in [0.15, 0.2) is 81.6 Å². The van der Waals surface area contributed by atoms with Crippen LogP contribution in [-0.2, 0) is 9.53 Å². The van der Waals surface area contributed by atoms with Gasteiger partial charge in [-0.15, -0.1) is 11.8 Å². The number of fused-ring (bicyclic) bond motifs is 3. The summed E-state index contributed by atoms with van der Waals surface area (Å²) in [5.41, 5.74) is 4.88. The summed E-state index contributed by atoms with van der Waals surface area (Å²) in [5.74, 6) is 1.61. The van der Waals surface area contributed by atoms with Crippen molar-refractivity contribution in [3.8, 4) is 28.2 Å². The topological polar surface area (TPSA) is 98.1 Å². The highest BCUT2D eigenvalue weighted by atomic mass is 32.2. The van der Waals surface area contributed by atoms with Crippen molar-refractivity contribution >= 4 is 34.7 Å². The van der Waals surface area contributed by atoms with Gasteiger partial charge in [-0.3, -0.25) is 9.59 Å². The minimum Gasteiger partial charge on any atom is -0.489 e. The van der Waals surface area contributed by atoms with E-state index in [0.717, 1.165) is 33.2 Å². The molecule has 1 fully saturated rings. The molecule has 9 heteroatoms. The maximum absolute atomic E-state index is 12.7. The third-order valence-electron chi connectivity index (χ3n) is 7.02. The standard InChI is InChI=1S/C32H30N2O6S/c1-18-7-5-6-8-22(18)27-23-11-9-20(35)13-25(23)39-26-14-21(10-12-24(26)27)38-16-19-15-34-29(36)28(30(34)41-17-19)33-31(37)40-32(2,3)4/h5-15,28,30H,16-17H2,1-4H3,(H,33,37)/t28-,30-/m1/s1. The molecule has 1 saturated heterocycles. The number of aryl methyl sites for hydroxylation is 1. The van der Waals surface area contributed by atoms with Gasteiger partial charge in [0.15, 0.2) is 5.43 Å². The summed E-state index contributed by atoms with van der Waals surface area (Å²) in [6.45, 7) is 7.70. The lowest BCUT2D eigenvalue weighted by molar-refractivity contribution is -0.141. The van der Waals surface area contributed by atoms with Crippen LogP contribution in [0.3, 0.4) is 0 Å². The fraction of sp³-hybridized carbons (Fsp3) is 0.281. The van der Waals surface area contributed by atoms with Crippen molar-refractivity contribution in [1.82, 2.24) is 10.2 Å². The van der Waals surface area contributed by atoms with Gasteiger partial charge in [-0.2, -0.15) is 0 Å². The van der Waals surface area contributed by atoms with E-state index in [0.29, 0.717) is 29.5 Å². The largest absolute Gasteiger partial charge is 0.489 e. The minimum absolute atomic E-state index is 0.118. The number of nitrogens with one attached hydrogen (secondary N) is 1. The molecular weight excluding hydrogens is 540 g/mol. The van der Waals surface area contributed by atoms with Crippen molar-refractivity contribution < 1.29 is 23.5 Å². The number of hydrogen-bond acceptors (Lipinski definition) is 7. The van der Waals surface area contributed by atoms with Gasteiger partial charge < -0.3 is 24.1 Å². The summed E-state index contributed by atoms with van der Waals surface area (Å²) in [6.07, 6.45) is 1.21. The molecule has 6 rings (SSSR count). The van der Waals surface area contributed by atoms with E-state index in [1.54, 1.807) is 43.5 Å². The van der Waals surface area contributed by atoms with Crippen LogP contribution in [0.1, 0.15) is 26.3 Å². The summed E-state index contributed by atoms with van der Waals surface area (Å²) < 4.78 is 17.6. The van der Waals surface area contributed by atoms with Crippen LogP contribution in [-0.4, -0.2) is 46.3 Å². The Hall–Kier alpha value is -4.24. The zero-order valence-corrected chi connectivity index (χ0v) is 24.0. The van der Waals surface area contributed by atoms with Crippen molar-refractivity contribution in [2.24, 2.45) is 0 Å². The number of benzene rings is 3. The average Bonchev–Trinajstić information content (AvgIpc) is 2.92. The monoisotopic (exact) mass is 570 g/mol. The first-order valence-electron chi connectivity index (χ1n) is 13.4. The van der Waals surface area contributed by atoms with Gasteiger partial charge in [-0.25, -0.2) is 4.79 Å². The highest BCUT2D eigenvalue weighted by Gasteiger charge is 2.49. The second-order valence-electron chi connectivity index (χ2n) is 11.3. The summed E-state index contributed by atoms with van der Waals surface area (Å²) in [6, 6.07) is 18.1. The van der Waals surface area contributed by atoms with Crippen molar-refractivity contribution in [2.75, 3.05) is 12.4 Å². The number of hydrogen-bond donors (Lipinski definition) is 1. The Bertz CT molecular complexity index is 1740. The zero-order chi connectivity index (χ0) is 28.9. The summed E-state index contributed by atoms with van der Waals surface area (Å²) in [5, 5.41) is 3.43. The average molecular weight is 571 g/mol. The lowest BCUT2D eigenvalue weighted by Crippen LogP contribution is -2.68. The Kier molecular flexibility index (Phi) is 6.77. The third-order valence-corrected chi connectivity index (χ3v) is 8.39. The van der Waals surface area contributed by atoms with Gasteiger partial charge in [0.05, 0.1) is 0 Å². The number of carbonyl (C=O) groups is 2. The van der Waals surface area contributed by atoms with E-state index in [4.69, 9.17) is 13.9 Å².